The number of rotatable bonds is 4. The Bertz CT molecular complexity index is 566. The molecular formula is C14H18N4OS. The van der Waals surface area contributed by atoms with Crippen LogP contribution >= 0.6 is 11.8 Å². The van der Waals surface area contributed by atoms with Gasteiger partial charge in [0.15, 0.2) is 5.82 Å². The first-order valence-corrected chi connectivity index (χ1v) is 8.02. The van der Waals surface area contributed by atoms with Gasteiger partial charge >= 0.3 is 0 Å². The highest BCUT2D eigenvalue weighted by Crippen LogP contribution is 2.30. The van der Waals surface area contributed by atoms with Gasteiger partial charge in [-0.15, -0.1) is 0 Å². The second kappa shape index (κ2) is 6.26. The molecule has 2 heterocycles. The van der Waals surface area contributed by atoms with Crippen molar-refractivity contribution in [3.63, 3.8) is 0 Å². The molecule has 3 rings (SSSR count). The number of hydrogen-bond donors (Lipinski definition) is 1. The van der Waals surface area contributed by atoms with Crippen molar-refractivity contribution in [2.75, 3.05) is 5.73 Å². The van der Waals surface area contributed by atoms with Crippen molar-refractivity contribution >= 4 is 17.4 Å². The maximum absolute atomic E-state index is 5.86. The first-order chi connectivity index (χ1) is 9.83. The summed E-state index contributed by atoms with van der Waals surface area (Å²) in [4.78, 5) is 8.38. The van der Waals surface area contributed by atoms with Crippen LogP contribution in [0.4, 0.5) is 5.69 Å². The van der Waals surface area contributed by atoms with Crippen LogP contribution in [0.2, 0.25) is 0 Å². The van der Waals surface area contributed by atoms with Crippen LogP contribution in [-0.2, 0) is 5.75 Å². The van der Waals surface area contributed by atoms with E-state index in [0.717, 1.165) is 22.4 Å². The van der Waals surface area contributed by atoms with Crippen LogP contribution < -0.4 is 5.73 Å². The second-order valence-corrected chi connectivity index (χ2v) is 6.34. The Kier molecular flexibility index (Phi) is 4.20. The van der Waals surface area contributed by atoms with Gasteiger partial charge in [0.25, 0.3) is 5.89 Å². The Morgan fingerprint density at radius 2 is 2.15 bits per heavy atom. The highest BCUT2D eigenvalue weighted by Gasteiger charge is 2.16. The van der Waals surface area contributed by atoms with E-state index in [1.165, 1.54) is 32.1 Å². The van der Waals surface area contributed by atoms with Gasteiger partial charge in [-0.25, -0.2) is 0 Å². The Morgan fingerprint density at radius 3 is 2.95 bits per heavy atom. The van der Waals surface area contributed by atoms with Crippen LogP contribution in [0.5, 0.6) is 0 Å². The summed E-state index contributed by atoms with van der Waals surface area (Å²) in [6.07, 6.45) is 9.97. The highest BCUT2D eigenvalue weighted by molar-refractivity contribution is 7.99. The van der Waals surface area contributed by atoms with Gasteiger partial charge in [0.2, 0.25) is 0 Å². The molecule has 106 valence electrons. The summed E-state index contributed by atoms with van der Waals surface area (Å²) < 4.78 is 5.29. The molecule has 2 aromatic heterocycles. The lowest BCUT2D eigenvalue weighted by Crippen LogP contribution is -2.08. The number of nitrogens with two attached hydrogens (primary N) is 1. The minimum Gasteiger partial charge on any atom is -0.397 e. The summed E-state index contributed by atoms with van der Waals surface area (Å²) in [6, 6.07) is 1.79. The van der Waals surface area contributed by atoms with E-state index in [1.807, 2.05) is 11.8 Å². The van der Waals surface area contributed by atoms with Crippen LogP contribution in [0.1, 0.15) is 37.9 Å². The zero-order valence-corrected chi connectivity index (χ0v) is 12.1. The summed E-state index contributed by atoms with van der Waals surface area (Å²) in [5.74, 6) is 2.02. The van der Waals surface area contributed by atoms with Crippen molar-refractivity contribution in [2.45, 2.75) is 43.1 Å². The molecule has 0 aromatic carbocycles. The van der Waals surface area contributed by atoms with Crippen molar-refractivity contribution in [3.8, 4) is 11.5 Å². The first kappa shape index (κ1) is 13.4. The molecule has 0 saturated heterocycles. The van der Waals surface area contributed by atoms with Crippen molar-refractivity contribution in [1.29, 1.82) is 0 Å². The third kappa shape index (κ3) is 3.12. The molecule has 1 aliphatic rings. The van der Waals surface area contributed by atoms with Gasteiger partial charge in [0, 0.05) is 11.4 Å². The molecule has 0 spiro atoms. The summed E-state index contributed by atoms with van der Waals surface area (Å²) in [6.45, 7) is 0. The summed E-state index contributed by atoms with van der Waals surface area (Å²) in [5.41, 5.74) is 7.17. The van der Waals surface area contributed by atoms with Crippen molar-refractivity contribution in [1.82, 2.24) is 15.1 Å². The Labute approximate surface area is 122 Å². The molecule has 2 N–H and O–H groups in total. The van der Waals surface area contributed by atoms with Gasteiger partial charge in [-0.05, 0) is 18.9 Å². The smallest absolute Gasteiger partial charge is 0.260 e. The number of nitrogens with zero attached hydrogens (tertiary/aromatic N) is 3. The molecule has 0 amide bonds. The average molecular weight is 290 g/mol. The SMILES string of the molecule is Nc1cnccc1-c1nc(CSC2CCCCC2)no1. The van der Waals surface area contributed by atoms with E-state index < -0.39 is 0 Å². The van der Waals surface area contributed by atoms with Gasteiger partial charge in [0.1, 0.15) is 0 Å². The van der Waals surface area contributed by atoms with E-state index in [4.69, 9.17) is 10.3 Å². The maximum Gasteiger partial charge on any atom is 0.260 e. The lowest BCUT2D eigenvalue weighted by Gasteiger charge is -2.19. The van der Waals surface area contributed by atoms with Crippen molar-refractivity contribution < 1.29 is 4.52 Å². The summed E-state index contributed by atoms with van der Waals surface area (Å²) in [7, 11) is 0. The van der Waals surface area contributed by atoms with Gasteiger partial charge in [-0.3, -0.25) is 4.98 Å². The fourth-order valence-electron chi connectivity index (χ4n) is 2.45. The maximum atomic E-state index is 5.86. The number of nitrogen functional groups attached to an aromatic ring is 1. The fourth-order valence-corrected chi connectivity index (χ4v) is 3.62. The predicted molar refractivity (Wildman–Crippen MR) is 80.1 cm³/mol. The lowest BCUT2D eigenvalue weighted by molar-refractivity contribution is 0.425. The molecular weight excluding hydrogens is 272 g/mol. The molecule has 6 heteroatoms. The fraction of sp³-hybridized carbons (Fsp3) is 0.500. The van der Waals surface area contributed by atoms with E-state index in [1.54, 1.807) is 18.5 Å². The molecule has 0 atom stereocenters. The number of hydrogen-bond acceptors (Lipinski definition) is 6. The molecule has 0 unspecified atom stereocenters. The molecule has 1 aliphatic carbocycles. The molecule has 5 nitrogen and oxygen atoms in total. The summed E-state index contributed by atoms with van der Waals surface area (Å²) >= 11 is 1.93. The highest BCUT2D eigenvalue weighted by atomic mass is 32.2. The number of anilines is 1. The Morgan fingerprint density at radius 1 is 1.30 bits per heavy atom. The molecule has 1 fully saturated rings. The third-order valence-corrected chi connectivity index (χ3v) is 4.92. The van der Waals surface area contributed by atoms with Crippen LogP contribution in [0, 0.1) is 0 Å². The van der Waals surface area contributed by atoms with Gasteiger partial charge in [-0.2, -0.15) is 16.7 Å². The van der Waals surface area contributed by atoms with E-state index in [-0.39, 0.29) is 0 Å². The van der Waals surface area contributed by atoms with Crippen molar-refractivity contribution in [3.05, 3.63) is 24.3 Å². The molecule has 20 heavy (non-hydrogen) atoms. The molecule has 0 aliphatic heterocycles. The molecule has 0 radical (unpaired) electrons. The Hall–Kier alpha value is -1.56. The number of pyridine rings is 1. The monoisotopic (exact) mass is 290 g/mol. The quantitative estimate of drug-likeness (QED) is 0.931. The number of aromatic nitrogens is 3. The number of thioether (sulfide) groups is 1. The minimum atomic E-state index is 0.476. The first-order valence-electron chi connectivity index (χ1n) is 6.97. The van der Waals surface area contributed by atoms with Crippen LogP contribution in [0.25, 0.3) is 11.5 Å². The normalized spacial score (nSPS) is 16.4. The van der Waals surface area contributed by atoms with E-state index in [9.17, 15) is 0 Å². The zero-order valence-electron chi connectivity index (χ0n) is 11.3. The van der Waals surface area contributed by atoms with Crippen LogP contribution in [0.3, 0.4) is 0 Å². The lowest BCUT2D eigenvalue weighted by atomic mass is 10.0. The topological polar surface area (TPSA) is 77.8 Å². The van der Waals surface area contributed by atoms with Gasteiger partial charge in [-0.1, -0.05) is 24.4 Å². The molecule has 1 saturated carbocycles. The predicted octanol–water partition coefficient (Wildman–Crippen LogP) is 3.28. The largest absolute Gasteiger partial charge is 0.397 e. The van der Waals surface area contributed by atoms with Crippen LogP contribution in [0.15, 0.2) is 23.0 Å². The minimum absolute atomic E-state index is 0.476. The van der Waals surface area contributed by atoms with Crippen molar-refractivity contribution in [2.24, 2.45) is 0 Å². The van der Waals surface area contributed by atoms with Crippen LogP contribution in [-0.4, -0.2) is 20.4 Å². The van der Waals surface area contributed by atoms with Gasteiger partial charge in [0.05, 0.1) is 23.2 Å². The zero-order chi connectivity index (χ0) is 13.8. The Balaban J connectivity index is 1.63. The third-order valence-electron chi connectivity index (χ3n) is 3.55. The molecule has 2 aromatic rings. The van der Waals surface area contributed by atoms with E-state index in [2.05, 4.69) is 15.1 Å². The summed E-state index contributed by atoms with van der Waals surface area (Å²) in [5, 5.41) is 4.78. The van der Waals surface area contributed by atoms with E-state index >= 15 is 0 Å². The molecule has 0 bridgehead atoms. The standard InChI is InChI=1S/C14H18N4OS/c15-12-8-16-7-6-11(12)14-17-13(18-19-14)9-20-10-4-2-1-3-5-10/h6-8,10H,1-5,9,15H2. The van der Waals surface area contributed by atoms with E-state index in [0.29, 0.717) is 11.6 Å². The second-order valence-electron chi connectivity index (χ2n) is 5.05. The average Bonchev–Trinajstić information content (AvgIpc) is 2.95. The van der Waals surface area contributed by atoms with Gasteiger partial charge < -0.3 is 10.3 Å².